The summed E-state index contributed by atoms with van der Waals surface area (Å²) >= 11 is 0. The molecular weight excluding hydrogens is 407 g/mol. The van der Waals surface area contributed by atoms with Gasteiger partial charge in [-0.1, -0.05) is 0 Å². The number of anilines is 1. The number of imidazole rings is 1. The van der Waals surface area contributed by atoms with E-state index in [9.17, 15) is 9.59 Å². The number of benzene rings is 1. The quantitative estimate of drug-likeness (QED) is 0.683. The van der Waals surface area contributed by atoms with Gasteiger partial charge < -0.3 is 24.7 Å². The molecule has 1 saturated heterocycles. The first kappa shape index (κ1) is 23.7. The van der Waals surface area contributed by atoms with Crippen molar-refractivity contribution in [1.82, 2.24) is 14.9 Å². The standard InChI is InChI=1S/C18H22N4O4.2ClH/c1-25-17(23)11-26-15-4-2-13(3-5-15)21-18(24)16-10-22(12-20-16)14-6-8-19-9-7-14;;/h2-5,10,12,14,19H,6-9,11H2,1H3,(H,21,24);2*1H. The summed E-state index contributed by atoms with van der Waals surface area (Å²) in [7, 11) is 1.30. The molecule has 8 nitrogen and oxygen atoms in total. The second kappa shape index (κ2) is 11.5. The average Bonchev–Trinajstić information content (AvgIpc) is 3.18. The molecule has 0 aliphatic carbocycles. The predicted molar refractivity (Wildman–Crippen MR) is 110 cm³/mol. The molecule has 1 aliphatic rings. The number of halogens is 2. The molecule has 0 atom stereocenters. The van der Waals surface area contributed by atoms with Crippen LogP contribution in [-0.2, 0) is 9.53 Å². The predicted octanol–water partition coefficient (Wildman–Crippen LogP) is 2.46. The smallest absolute Gasteiger partial charge is 0.343 e. The van der Waals surface area contributed by atoms with Crippen LogP contribution in [0.5, 0.6) is 5.75 Å². The van der Waals surface area contributed by atoms with Crippen molar-refractivity contribution in [3.8, 4) is 5.75 Å². The summed E-state index contributed by atoms with van der Waals surface area (Å²) in [4.78, 5) is 27.6. The zero-order chi connectivity index (χ0) is 18.4. The molecule has 0 unspecified atom stereocenters. The molecule has 0 spiro atoms. The maximum atomic E-state index is 12.4. The van der Waals surface area contributed by atoms with E-state index in [1.807, 2.05) is 4.57 Å². The van der Waals surface area contributed by atoms with Crippen molar-refractivity contribution in [3.63, 3.8) is 0 Å². The number of hydrogen-bond donors (Lipinski definition) is 2. The Morgan fingerprint density at radius 2 is 1.89 bits per heavy atom. The third-order valence-electron chi connectivity index (χ3n) is 4.26. The summed E-state index contributed by atoms with van der Waals surface area (Å²) < 4.78 is 11.8. The fourth-order valence-electron chi connectivity index (χ4n) is 2.79. The molecular formula is C18H24Cl2N4O4. The van der Waals surface area contributed by atoms with E-state index in [0.717, 1.165) is 25.9 Å². The monoisotopic (exact) mass is 430 g/mol. The van der Waals surface area contributed by atoms with E-state index < -0.39 is 5.97 Å². The molecule has 2 heterocycles. The van der Waals surface area contributed by atoms with Gasteiger partial charge in [0, 0.05) is 17.9 Å². The van der Waals surface area contributed by atoms with Gasteiger partial charge in [0.15, 0.2) is 6.61 Å². The van der Waals surface area contributed by atoms with E-state index in [-0.39, 0.29) is 37.3 Å². The summed E-state index contributed by atoms with van der Waals surface area (Å²) in [6.45, 7) is 1.81. The highest BCUT2D eigenvalue weighted by Gasteiger charge is 2.17. The largest absolute Gasteiger partial charge is 0.482 e. The number of methoxy groups -OCH3 is 1. The second-order valence-corrected chi connectivity index (χ2v) is 6.03. The highest BCUT2D eigenvalue weighted by atomic mass is 35.5. The number of ether oxygens (including phenoxy) is 2. The molecule has 1 aliphatic heterocycles. The zero-order valence-electron chi connectivity index (χ0n) is 15.4. The Bertz CT molecular complexity index is 761. The third-order valence-corrected chi connectivity index (χ3v) is 4.26. The van der Waals surface area contributed by atoms with Crippen LogP contribution in [-0.4, -0.2) is 48.2 Å². The van der Waals surface area contributed by atoms with Crippen LogP contribution in [0.25, 0.3) is 0 Å². The molecule has 0 bridgehead atoms. The van der Waals surface area contributed by atoms with Crippen LogP contribution in [0.2, 0.25) is 0 Å². The lowest BCUT2D eigenvalue weighted by Gasteiger charge is -2.23. The van der Waals surface area contributed by atoms with E-state index in [2.05, 4.69) is 20.4 Å². The number of piperidine rings is 1. The molecule has 2 aromatic rings. The van der Waals surface area contributed by atoms with Gasteiger partial charge in [0.25, 0.3) is 5.91 Å². The number of nitrogens with one attached hydrogen (secondary N) is 2. The summed E-state index contributed by atoms with van der Waals surface area (Å²) in [6.07, 6.45) is 5.57. The molecule has 10 heteroatoms. The van der Waals surface area contributed by atoms with E-state index in [0.29, 0.717) is 23.2 Å². The zero-order valence-corrected chi connectivity index (χ0v) is 17.1. The van der Waals surface area contributed by atoms with Crippen molar-refractivity contribution < 1.29 is 19.1 Å². The topological polar surface area (TPSA) is 94.5 Å². The van der Waals surface area contributed by atoms with Gasteiger partial charge in [-0.25, -0.2) is 9.78 Å². The summed E-state index contributed by atoms with van der Waals surface area (Å²) in [6, 6.07) is 7.14. The van der Waals surface area contributed by atoms with E-state index >= 15 is 0 Å². The third kappa shape index (κ3) is 6.40. The van der Waals surface area contributed by atoms with Gasteiger partial charge in [0.2, 0.25) is 0 Å². The highest BCUT2D eigenvalue weighted by molar-refractivity contribution is 6.02. The molecule has 3 rings (SSSR count). The van der Waals surface area contributed by atoms with Crippen molar-refractivity contribution in [2.24, 2.45) is 0 Å². The molecule has 1 aromatic carbocycles. The van der Waals surface area contributed by atoms with Crippen LogP contribution in [0.4, 0.5) is 5.69 Å². The van der Waals surface area contributed by atoms with Crippen molar-refractivity contribution in [1.29, 1.82) is 0 Å². The van der Waals surface area contributed by atoms with Crippen LogP contribution in [0, 0.1) is 0 Å². The normalized spacial score (nSPS) is 13.6. The lowest BCUT2D eigenvalue weighted by Crippen LogP contribution is -2.29. The first-order valence-electron chi connectivity index (χ1n) is 8.51. The highest BCUT2D eigenvalue weighted by Crippen LogP contribution is 2.19. The molecule has 154 valence electrons. The molecule has 1 amide bonds. The Kier molecular flexibility index (Phi) is 9.78. The number of esters is 1. The number of rotatable bonds is 6. The molecule has 0 saturated carbocycles. The van der Waals surface area contributed by atoms with E-state index in [4.69, 9.17) is 4.74 Å². The van der Waals surface area contributed by atoms with Gasteiger partial charge in [0.1, 0.15) is 11.4 Å². The average molecular weight is 431 g/mol. The first-order chi connectivity index (χ1) is 12.7. The fraction of sp³-hybridized carbons (Fsp3) is 0.389. The summed E-state index contributed by atoms with van der Waals surface area (Å²) in [5.74, 6) is -0.198. The van der Waals surface area contributed by atoms with E-state index in [1.165, 1.54) is 7.11 Å². The Morgan fingerprint density at radius 1 is 1.21 bits per heavy atom. The van der Waals surface area contributed by atoms with Crippen LogP contribution in [0.15, 0.2) is 36.8 Å². The van der Waals surface area contributed by atoms with Gasteiger partial charge >= 0.3 is 5.97 Å². The van der Waals surface area contributed by atoms with Gasteiger partial charge in [0.05, 0.1) is 13.4 Å². The van der Waals surface area contributed by atoms with Crippen LogP contribution < -0.4 is 15.4 Å². The van der Waals surface area contributed by atoms with E-state index in [1.54, 1.807) is 36.8 Å². The SMILES string of the molecule is COC(=O)COc1ccc(NC(=O)c2cn(C3CCNCC3)cn2)cc1.Cl.Cl. The maximum Gasteiger partial charge on any atom is 0.343 e. The Morgan fingerprint density at radius 3 is 2.54 bits per heavy atom. The molecule has 1 fully saturated rings. The Hall–Kier alpha value is -2.29. The van der Waals surface area contributed by atoms with Crippen LogP contribution in [0.1, 0.15) is 29.4 Å². The lowest BCUT2D eigenvalue weighted by atomic mass is 10.1. The van der Waals surface area contributed by atoms with Crippen molar-refractivity contribution >= 4 is 42.4 Å². The van der Waals surface area contributed by atoms with Crippen LogP contribution in [0.3, 0.4) is 0 Å². The Balaban J connectivity index is 0.00000196. The number of hydrogen-bond acceptors (Lipinski definition) is 6. The minimum Gasteiger partial charge on any atom is -0.482 e. The number of carbonyl (C=O) groups is 2. The van der Waals surface area contributed by atoms with Crippen LogP contribution >= 0.6 is 24.8 Å². The van der Waals surface area contributed by atoms with Crippen molar-refractivity contribution in [2.45, 2.75) is 18.9 Å². The number of nitrogens with zero attached hydrogens (tertiary/aromatic N) is 2. The molecule has 1 aromatic heterocycles. The number of amides is 1. The maximum absolute atomic E-state index is 12.4. The summed E-state index contributed by atoms with van der Waals surface area (Å²) in [5.41, 5.74) is 1.01. The molecule has 0 radical (unpaired) electrons. The fourth-order valence-corrected chi connectivity index (χ4v) is 2.79. The molecule has 2 N–H and O–H groups in total. The number of aromatic nitrogens is 2. The minimum atomic E-state index is -0.452. The van der Waals surface area contributed by atoms with Gasteiger partial charge in [-0.05, 0) is 50.2 Å². The van der Waals surface area contributed by atoms with Crippen molar-refractivity contribution in [3.05, 3.63) is 42.5 Å². The number of carbonyl (C=O) groups excluding carboxylic acids is 2. The minimum absolute atomic E-state index is 0. The van der Waals surface area contributed by atoms with Gasteiger partial charge in [-0.3, -0.25) is 4.79 Å². The lowest BCUT2D eigenvalue weighted by molar-refractivity contribution is -0.142. The first-order valence-corrected chi connectivity index (χ1v) is 8.51. The van der Waals surface area contributed by atoms with Gasteiger partial charge in [-0.15, -0.1) is 24.8 Å². The molecule has 28 heavy (non-hydrogen) atoms. The van der Waals surface area contributed by atoms with Gasteiger partial charge in [-0.2, -0.15) is 0 Å². The van der Waals surface area contributed by atoms with Crippen molar-refractivity contribution in [2.75, 3.05) is 32.1 Å². The Labute approximate surface area is 175 Å². The second-order valence-electron chi connectivity index (χ2n) is 6.03. The summed E-state index contributed by atoms with van der Waals surface area (Å²) in [5, 5.41) is 6.12.